The molecular weight excluding hydrogens is 366 g/mol. The van der Waals surface area contributed by atoms with Gasteiger partial charge in [0.05, 0.1) is 11.5 Å². The van der Waals surface area contributed by atoms with Gasteiger partial charge >= 0.3 is 0 Å². The highest BCUT2D eigenvalue weighted by Crippen LogP contribution is 2.30. The summed E-state index contributed by atoms with van der Waals surface area (Å²) in [5, 5.41) is 12.4. The number of carbonyl (C=O) groups is 1. The van der Waals surface area contributed by atoms with Crippen LogP contribution in [0.2, 0.25) is 0 Å². The number of hydrogen-bond donors (Lipinski definition) is 0. The van der Waals surface area contributed by atoms with Crippen LogP contribution in [0.4, 0.5) is 0 Å². The number of thioether (sulfide) groups is 1. The molecule has 2 aromatic heterocycles. The Kier molecular flexibility index (Phi) is 5.08. The Balaban J connectivity index is 1.52. The molecule has 0 N–H and O–H groups in total. The van der Waals surface area contributed by atoms with Gasteiger partial charge in [-0.15, -0.1) is 22.0 Å². The van der Waals surface area contributed by atoms with Gasteiger partial charge < -0.3 is 9.32 Å². The third-order valence-electron chi connectivity index (χ3n) is 4.60. The average molecular weight is 386 g/mol. The Morgan fingerprint density at radius 2 is 2.19 bits per heavy atom. The lowest BCUT2D eigenvalue weighted by Crippen LogP contribution is -2.39. The van der Waals surface area contributed by atoms with Crippen LogP contribution >= 0.6 is 23.1 Å². The van der Waals surface area contributed by atoms with Crippen LogP contribution in [0.5, 0.6) is 0 Å². The van der Waals surface area contributed by atoms with Crippen LogP contribution in [0.25, 0.3) is 11.5 Å². The van der Waals surface area contributed by atoms with Crippen molar-refractivity contribution >= 4 is 29.0 Å². The predicted octanol–water partition coefficient (Wildman–Crippen LogP) is 4.54. The number of likely N-dealkylation sites (tertiary alicyclic amines) is 1. The van der Waals surface area contributed by atoms with Gasteiger partial charge in [-0.05, 0) is 42.7 Å². The maximum absolute atomic E-state index is 13.0. The zero-order valence-electron chi connectivity index (χ0n) is 14.4. The quantitative estimate of drug-likeness (QED) is 0.617. The van der Waals surface area contributed by atoms with Gasteiger partial charge in [-0.25, -0.2) is 0 Å². The number of nitrogens with zero attached hydrogens (tertiary/aromatic N) is 3. The molecule has 0 bridgehead atoms. The molecular formula is C19H19N3O2S2. The van der Waals surface area contributed by atoms with Gasteiger partial charge in [0.25, 0.3) is 5.91 Å². The molecule has 5 nitrogen and oxygen atoms in total. The highest BCUT2D eigenvalue weighted by atomic mass is 32.2. The molecule has 1 aliphatic rings. The largest absolute Gasteiger partial charge is 0.420 e. The highest BCUT2D eigenvalue weighted by molar-refractivity contribution is 7.98. The normalized spacial score (nSPS) is 17.4. The van der Waals surface area contributed by atoms with E-state index in [1.165, 1.54) is 0 Å². The maximum Gasteiger partial charge on any atom is 0.255 e. The molecule has 7 heteroatoms. The van der Waals surface area contributed by atoms with Crippen molar-refractivity contribution in [3.63, 3.8) is 0 Å². The van der Waals surface area contributed by atoms with Crippen molar-refractivity contribution in [3.05, 3.63) is 52.5 Å². The number of thiophene rings is 1. The molecule has 0 aliphatic carbocycles. The van der Waals surface area contributed by atoms with Crippen molar-refractivity contribution in [2.24, 2.45) is 0 Å². The average Bonchev–Trinajstić information content (AvgIpc) is 3.39. The van der Waals surface area contributed by atoms with Gasteiger partial charge in [0.15, 0.2) is 0 Å². The Morgan fingerprint density at radius 1 is 1.31 bits per heavy atom. The van der Waals surface area contributed by atoms with Crippen molar-refractivity contribution in [1.82, 2.24) is 15.1 Å². The van der Waals surface area contributed by atoms with Gasteiger partial charge in [-0.2, -0.15) is 11.3 Å². The highest BCUT2D eigenvalue weighted by Gasteiger charge is 2.29. The molecule has 1 aliphatic heterocycles. The molecule has 1 amide bonds. The molecule has 3 aromatic rings. The number of piperidine rings is 1. The van der Waals surface area contributed by atoms with Crippen LogP contribution in [-0.4, -0.2) is 40.3 Å². The molecule has 134 valence electrons. The van der Waals surface area contributed by atoms with E-state index in [0.29, 0.717) is 18.3 Å². The summed E-state index contributed by atoms with van der Waals surface area (Å²) in [5.41, 5.74) is 1.72. The van der Waals surface area contributed by atoms with Crippen molar-refractivity contribution in [2.75, 3.05) is 19.3 Å². The van der Waals surface area contributed by atoms with Crippen molar-refractivity contribution in [3.8, 4) is 11.5 Å². The van der Waals surface area contributed by atoms with E-state index in [-0.39, 0.29) is 11.8 Å². The Bertz CT molecular complexity index is 892. The first-order valence-electron chi connectivity index (χ1n) is 8.54. The van der Waals surface area contributed by atoms with Crippen molar-refractivity contribution < 1.29 is 9.21 Å². The van der Waals surface area contributed by atoms with E-state index < -0.39 is 0 Å². The summed E-state index contributed by atoms with van der Waals surface area (Å²) >= 11 is 3.20. The molecule has 3 heterocycles. The predicted molar refractivity (Wildman–Crippen MR) is 104 cm³/mol. The van der Waals surface area contributed by atoms with Crippen molar-refractivity contribution in [2.45, 2.75) is 23.7 Å². The van der Waals surface area contributed by atoms with Crippen LogP contribution in [0.1, 0.15) is 35.0 Å². The van der Waals surface area contributed by atoms with E-state index in [4.69, 9.17) is 4.42 Å². The zero-order chi connectivity index (χ0) is 17.9. The first-order chi connectivity index (χ1) is 12.8. The topological polar surface area (TPSA) is 59.2 Å². The number of aromatic nitrogens is 2. The lowest BCUT2D eigenvalue weighted by Gasteiger charge is -2.31. The molecule has 4 rings (SSSR count). The second-order valence-corrected chi connectivity index (χ2v) is 7.88. The van der Waals surface area contributed by atoms with E-state index in [2.05, 4.69) is 10.2 Å². The van der Waals surface area contributed by atoms with Crippen LogP contribution in [-0.2, 0) is 0 Å². The molecule has 26 heavy (non-hydrogen) atoms. The van der Waals surface area contributed by atoms with Gasteiger partial charge in [-0.3, -0.25) is 4.79 Å². The zero-order valence-corrected chi connectivity index (χ0v) is 16.1. The standard InChI is InChI=1S/C19H19N3O2S2/c1-25-16-7-3-2-6-15(16)19(23)22-9-4-5-13(11-22)17-20-21-18(24-17)14-8-10-26-12-14/h2-3,6-8,10,12-13H,4-5,9,11H2,1H3. The third kappa shape index (κ3) is 3.41. The second-order valence-electron chi connectivity index (χ2n) is 6.25. The summed E-state index contributed by atoms with van der Waals surface area (Å²) in [6.45, 7) is 1.39. The van der Waals surface area contributed by atoms with E-state index in [1.807, 2.05) is 52.2 Å². The second kappa shape index (κ2) is 7.63. The molecule has 0 saturated carbocycles. The summed E-state index contributed by atoms with van der Waals surface area (Å²) in [4.78, 5) is 15.9. The molecule has 1 atom stereocenters. The molecule has 0 spiro atoms. The lowest BCUT2D eigenvalue weighted by molar-refractivity contribution is 0.0695. The summed E-state index contributed by atoms with van der Waals surface area (Å²) in [7, 11) is 0. The molecule has 1 saturated heterocycles. The third-order valence-corrected chi connectivity index (χ3v) is 6.08. The molecule has 1 unspecified atom stereocenters. The molecule has 1 fully saturated rings. The first kappa shape index (κ1) is 17.3. The number of rotatable bonds is 4. The van der Waals surface area contributed by atoms with Crippen LogP contribution in [0.3, 0.4) is 0 Å². The summed E-state index contributed by atoms with van der Waals surface area (Å²) in [6.07, 6.45) is 3.89. The summed E-state index contributed by atoms with van der Waals surface area (Å²) < 4.78 is 5.89. The fourth-order valence-electron chi connectivity index (χ4n) is 3.26. The van der Waals surface area contributed by atoms with E-state index in [0.717, 1.165) is 35.4 Å². The Morgan fingerprint density at radius 3 is 3.00 bits per heavy atom. The minimum Gasteiger partial charge on any atom is -0.420 e. The minimum atomic E-state index is 0.0808. The number of hydrogen-bond acceptors (Lipinski definition) is 6. The van der Waals surface area contributed by atoms with E-state index in [1.54, 1.807) is 23.1 Å². The monoisotopic (exact) mass is 385 g/mol. The number of carbonyl (C=O) groups excluding carboxylic acids is 1. The SMILES string of the molecule is CSc1ccccc1C(=O)N1CCCC(c2nnc(-c3ccsc3)o2)C1. The van der Waals surface area contributed by atoms with Gasteiger partial charge in [-0.1, -0.05) is 12.1 Å². The van der Waals surface area contributed by atoms with Gasteiger partial charge in [0.1, 0.15) is 0 Å². The first-order valence-corrected chi connectivity index (χ1v) is 10.7. The summed E-state index contributed by atoms with van der Waals surface area (Å²) in [6, 6.07) is 9.74. The fraction of sp³-hybridized carbons (Fsp3) is 0.316. The minimum absolute atomic E-state index is 0.0808. The number of amides is 1. The van der Waals surface area contributed by atoms with Crippen LogP contribution in [0.15, 0.2) is 50.4 Å². The molecule has 1 aromatic carbocycles. The summed E-state index contributed by atoms with van der Waals surface area (Å²) in [5.74, 6) is 1.35. The van der Waals surface area contributed by atoms with Crippen molar-refractivity contribution in [1.29, 1.82) is 0 Å². The smallest absolute Gasteiger partial charge is 0.255 e. The maximum atomic E-state index is 13.0. The van der Waals surface area contributed by atoms with Gasteiger partial charge in [0, 0.05) is 28.9 Å². The molecule has 0 radical (unpaired) electrons. The fourth-order valence-corrected chi connectivity index (χ4v) is 4.48. The van der Waals surface area contributed by atoms with E-state index in [9.17, 15) is 4.79 Å². The Labute approximate surface area is 160 Å². The van der Waals surface area contributed by atoms with E-state index >= 15 is 0 Å². The lowest BCUT2D eigenvalue weighted by atomic mass is 9.97. The Hall–Kier alpha value is -2.12. The van der Waals surface area contributed by atoms with Crippen LogP contribution < -0.4 is 0 Å². The number of benzene rings is 1. The van der Waals surface area contributed by atoms with Crippen LogP contribution in [0, 0.1) is 0 Å². The van der Waals surface area contributed by atoms with Gasteiger partial charge in [0.2, 0.25) is 11.8 Å².